The number of amides is 1. The van der Waals surface area contributed by atoms with Gasteiger partial charge in [0.05, 0.1) is 17.1 Å². The molecule has 0 spiro atoms. The van der Waals surface area contributed by atoms with Gasteiger partial charge in [-0.1, -0.05) is 55.4 Å². The molecule has 252 valence electrons. The van der Waals surface area contributed by atoms with Crippen molar-refractivity contribution in [3.8, 4) is 0 Å². The highest BCUT2D eigenvalue weighted by Gasteiger charge is 2.44. The van der Waals surface area contributed by atoms with Crippen LogP contribution in [0.5, 0.6) is 0 Å². The SMILES string of the molecule is CCN(CC)c1ccc(N=C2C=C(CC(=O)C(CC)(CC)CC)C(=O)C3=C2NC(=O)CC3(C)C)c(CC(=O)C(CC)(CC)CC)c1. The van der Waals surface area contributed by atoms with Crippen LogP contribution in [0.3, 0.4) is 0 Å². The first-order chi connectivity index (χ1) is 21.7. The number of carbonyl (C=O) groups excluding carboxylic acids is 4. The zero-order valence-corrected chi connectivity index (χ0v) is 30.1. The van der Waals surface area contributed by atoms with Crippen molar-refractivity contribution in [1.29, 1.82) is 0 Å². The number of hydrogen-bond acceptors (Lipinski definition) is 6. The number of ketones is 3. The van der Waals surface area contributed by atoms with Crippen LogP contribution in [0, 0.1) is 16.2 Å². The molecule has 0 atom stereocenters. The Hall–Kier alpha value is -3.35. The summed E-state index contributed by atoms with van der Waals surface area (Å²) in [5.41, 5.74) is 2.60. The zero-order chi connectivity index (χ0) is 34.4. The first-order valence-electron chi connectivity index (χ1n) is 17.6. The minimum absolute atomic E-state index is 0.0203. The highest BCUT2D eigenvalue weighted by molar-refractivity contribution is 6.28. The normalized spacial score (nSPS) is 17.5. The van der Waals surface area contributed by atoms with E-state index in [1.165, 1.54) is 0 Å². The molecule has 0 unspecified atom stereocenters. The first kappa shape index (κ1) is 37.1. The number of anilines is 1. The van der Waals surface area contributed by atoms with Crippen LogP contribution in [0.25, 0.3) is 0 Å². The fourth-order valence-electron chi connectivity index (χ4n) is 7.51. The minimum atomic E-state index is -0.732. The van der Waals surface area contributed by atoms with Crippen LogP contribution in [0.2, 0.25) is 0 Å². The lowest BCUT2D eigenvalue weighted by molar-refractivity contribution is -0.130. The highest BCUT2D eigenvalue weighted by Crippen LogP contribution is 2.43. The highest BCUT2D eigenvalue weighted by atomic mass is 16.2. The van der Waals surface area contributed by atoms with E-state index in [1.54, 1.807) is 6.08 Å². The van der Waals surface area contributed by atoms with E-state index in [1.807, 2.05) is 46.8 Å². The van der Waals surface area contributed by atoms with E-state index in [9.17, 15) is 19.2 Å². The van der Waals surface area contributed by atoms with Crippen molar-refractivity contribution in [2.24, 2.45) is 21.2 Å². The van der Waals surface area contributed by atoms with Crippen LogP contribution < -0.4 is 10.2 Å². The van der Waals surface area contributed by atoms with Gasteiger partial charge in [-0.3, -0.25) is 19.2 Å². The number of benzene rings is 1. The molecule has 0 radical (unpaired) electrons. The van der Waals surface area contributed by atoms with E-state index in [-0.39, 0.29) is 42.5 Å². The molecule has 0 fully saturated rings. The van der Waals surface area contributed by atoms with Crippen molar-refractivity contribution in [3.05, 3.63) is 46.7 Å². The average Bonchev–Trinajstić information content (AvgIpc) is 3.02. The monoisotopic (exact) mass is 631 g/mol. The van der Waals surface area contributed by atoms with Crippen molar-refractivity contribution >= 4 is 40.3 Å². The van der Waals surface area contributed by atoms with E-state index >= 15 is 0 Å². The predicted octanol–water partition coefficient (Wildman–Crippen LogP) is 8.42. The molecule has 3 rings (SSSR count). The van der Waals surface area contributed by atoms with Crippen LogP contribution in [-0.4, -0.2) is 42.1 Å². The summed E-state index contributed by atoms with van der Waals surface area (Å²) >= 11 is 0. The fourth-order valence-corrected chi connectivity index (χ4v) is 7.51. The van der Waals surface area contributed by atoms with Crippen LogP contribution in [-0.2, 0) is 25.6 Å². The second-order valence-electron chi connectivity index (χ2n) is 13.7. The van der Waals surface area contributed by atoms with Crippen LogP contribution in [0.1, 0.15) is 126 Å². The molecular weight excluding hydrogens is 574 g/mol. The predicted molar refractivity (Wildman–Crippen MR) is 189 cm³/mol. The third kappa shape index (κ3) is 7.13. The Kier molecular flexibility index (Phi) is 12.1. The van der Waals surface area contributed by atoms with Gasteiger partial charge < -0.3 is 10.2 Å². The Balaban J connectivity index is 2.27. The summed E-state index contributed by atoms with van der Waals surface area (Å²) in [6.07, 6.45) is 6.57. The molecule has 1 amide bonds. The maximum atomic E-state index is 14.1. The molecule has 1 aliphatic carbocycles. The van der Waals surface area contributed by atoms with E-state index in [4.69, 9.17) is 4.99 Å². The van der Waals surface area contributed by atoms with Crippen LogP contribution in [0.15, 0.2) is 46.1 Å². The third-order valence-electron chi connectivity index (χ3n) is 11.3. The third-order valence-corrected chi connectivity index (χ3v) is 11.3. The first-order valence-corrected chi connectivity index (χ1v) is 17.6. The second-order valence-corrected chi connectivity index (χ2v) is 13.7. The van der Waals surface area contributed by atoms with Crippen molar-refractivity contribution in [2.45, 2.75) is 127 Å². The van der Waals surface area contributed by atoms with Crippen LogP contribution in [0.4, 0.5) is 11.4 Å². The van der Waals surface area contributed by atoms with Gasteiger partial charge in [-0.05, 0) is 82.2 Å². The van der Waals surface area contributed by atoms with Gasteiger partial charge in [-0.2, -0.15) is 0 Å². The van der Waals surface area contributed by atoms with E-state index < -0.39 is 16.2 Å². The standard InChI is InChI=1S/C39H57N3O4/c1-11-38(12-2,13-3)31(43)23-26-21-28(42(17-7)18-8)19-20-29(26)40-30-22-27(24-32(44)39(14-4,15-5)16-6)36(46)34-35(30)41-33(45)25-37(34,9)10/h19-22H,11-18,23-25H2,1-10H3,(H,41,45). The largest absolute Gasteiger partial charge is 0.372 e. The summed E-state index contributed by atoms with van der Waals surface area (Å²) in [4.78, 5) is 62.0. The van der Waals surface area contributed by atoms with Crippen molar-refractivity contribution in [2.75, 3.05) is 18.0 Å². The second kappa shape index (κ2) is 15.0. The van der Waals surface area contributed by atoms with E-state index in [2.05, 4.69) is 50.9 Å². The summed E-state index contributed by atoms with van der Waals surface area (Å²) in [5.74, 6) is -0.119. The Morgan fingerprint density at radius 3 is 1.85 bits per heavy atom. The fraction of sp³-hybridized carbons (Fsp3) is 0.615. The molecule has 1 aromatic rings. The molecule has 7 heteroatoms. The molecule has 2 aliphatic rings. The number of hydrogen-bond donors (Lipinski definition) is 1. The molecule has 1 aliphatic heterocycles. The molecule has 1 aromatic carbocycles. The summed E-state index contributed by atoms with van der Waals surface area (Å²) in [6.45, 7) is 22.0. The smallest absolute Gasteiger partial charge is 0.225 e. The number of carbonyl (C=O) groups is 4. The van der Waals surface area contributed by atoms with Gasteiger partial charge in [0.1, 0.15) is 11.6 Å². The van der Waals surface area contributed by atoms with Gasteiger partial charge in [0.15, 0.2) is 5.78 Å². The van der Waals surface area contributed by atoms with Crippen molar-refractivity contribution in [3.63, 3.8) is 0 Å². The zero-order valence-electron chi connectivity index (χ0n) is 30.1. The number of nitrogens with one attached hydrogen (secondary N) is 1. The van der Waals surface area contributed by atoms with Gasteiger partial charge >= 0.3 is 0 Å². The van der Waals surface area contributed by atoms with Crippen LogP contribution >= 0.6 is 0 Å². The topological polar surface area (TPSA) is 95.9 Å². The summed E-state index contributed by atoms with van der Waals surface area (Å²) < 4.78 is 0. The van der Waals surface area contributed by atoms with Gasteiger partial charge in [-0.25, -0.2) is 4.99 Å². The lowest BCUT2D eigenvalue weighted by Crippen LogP contribution is -2.44. The molecule has 1 heterocycles. The van der Waals surface area contributed by atoms with Gasteiger partial charge in [0, 0.05) is 65.4 Å². The maximum absolute atomic E-state index is 14.1. The van der Waals surface area contributed by atoms with Gasteiger partial charge in [0.25, 0.3) is 0 Å². The molecule has 0 saturated carbocycles. The Bertz CT molecular complexity index is 1420. The average molecular weight is 632 g/mol. The van der Waals surface area contributed by atoms with Gasteiger partial charge in [0.2, 0.25) is 5.91 Å². The van der Waals surface area contributed by atoms with E-state index in [0.717, 1.165) is 43.6 Å². The Morgan fingerprint density at radius 2 is 1.35 bits per heavy atom. The summed E-state index contributed by atoms with van der Waals surface area (Å²) in [7, 11) is 0. The van der Waals surface area contributed by atoms with E-state index in [0.29, 0.717) is 47.5 Å². The molecule has 0 bridgehead atoms. The number of Topliss-reactive ketones (excluding diaryl/α,β-unsaturated/α-hetero) is 3. The molecule has 0 saturated heterocycles. The number of rotatable bonds is 16. The molecule has 1 N–H and O–H groups in total. The Morgan fingerprint density at radius 1 is 0.826 bits per heavy atom. The lowest BCUT2D eigenvalue weighted by Gasteiger charge is -2.37. The summed E-state index contributed by atoms with van der Waals surface area (Å²) in [5, 5.41) is 2.96. The molecule has 0 aromatic heterocycles. The lowest BCUT2D eigenvalue weighted by atomic mass is 9.69. The van der Waals surface area contributed by atoms with Crippen molar-refractivity contribution in [1.82, 2.24) is 5.32 Å². The molecular formula is C39H57N3O4. The number of aliphatic imine (C=N–C) groups is 1. The minimum Gasteiger partial charge on any atom is -0.372 e. The quantitative estimate of drug-likeness (QED) is 0.185. The molecule has 7 nitrogen and oxygen atoms in total. The molecule has 46 heavy (non-hydrogen) atoms. The maximum Gasteiger partial charge on any atom is 0.225 e. The van der Waals surface area contributed by atoms with Gasteiger partial charge in [-0.15, -0.1) is 0 Å². The number of allylic oxidation sites excluding steroid dienone is 3. The number of nitrogens with zero attached hydrogens (tertiary/aromatic N) is 2. The Labute approximate surface area is 277 Å². The van der Waals surface area contributed by atoms with Crippen molar-refractivity contribution < 1.29 is 19.2 Å². The summed E-state index contributed by atoms with van der Waals surface area (Å²) in [6, 6.07) is 6.02.